The number of nitrogens with zero attached hydrogens (tertiary/aromatic N) is 1. The van der Waals surface area contributed by atoms with Crippen LogP contribution in [0, 0.1) is 5.92 Å². The number of nitrogens with one attached hydrogen (secondary N) is 1. The van der Waals surface area contributed by atoms with E-state index in [1.165, 1.54) is 12.8 Å². The highest BCUT2D eigenvalue weighted by Crippen LogP contribution is 2.27. The lowest BCUT2D eigenvalue weighted by molar-refractivity contribution is -0.121. The molecular formula is C15H16N2O2. The smallest absolute Gasteiger partial charge is 0.239 e. The zero-order valence-electron chi connectivity index (χ0n) is 10.6. The Balaban J connectivity index is 1.76. The van der Waals surface area contributed by atoms with Crippen molar-refractivity contribution in [3.05, 3.63) is 36.0 Å². The van der Waals surface area contributed by atoms with Crippen LogP contribution in [0.5, 0.6) is 0 Å². The van der Waals surface area contributed by atoms with Gasteiger partial charge in [-0.25, -0.2) is 0 Å². The summed E-state index contributed by atoms with van der Waals surface area (Å²) in [5.74, 6) is 0.716. The third kappa shape index (κ3) is 2.52. The van der Waals surface area contributed by atoms with Gasteiger partial charge in [0.1, 0.15) is 6.54 Å². The Hall–Kier alpha value is -2.10. The summed E-state index contributed by atoms with van der Waals surface area (Å²) in [6, 6.07) is 7.43. The van der Waals surface area contributed by atoms with Gasteiger partial charge in [-0.15, -0.1) is 0 Å². The first-order chi connectivity index (χ1) is 9.28. The molecule has 19 heavy (non-hydrogen) atoms. The topological polar surface area (TPSA) is 51.1 Å². The zero-order valence-corrected chi connectivity index (χ0v) is 10.6. The van der Waals surface area contributed by atoms with Gasteiger partial charge in [-0.2, -0.15) is 0 Å². The molecule has 1 heterocycles. The third-order valence-electron chi connectivity index (χ3n) is 3.57. The molecule has 1 fully saturated rings. The number of rotatable bonds is 5. The number of carbonyl (C=O) groups excluding carboxylic acids is 2. The van der Waals surface area contributed by atoms with Crippen molar-refractivity contribution in [1.82, 2.24) is 9.88 Å². The van der Waals surface area contributed by atoms with Crippen molar-refractivity contribution in [2.75, 3.05) is 6.54 Å². The highest BCUT2D eigenvalue weighted by molar-refractivity contribution is 5.97. The van der Waals surface area contributed by atoms with Crippen LogP contribution in [0.25, 0.3) is 10.9 Å². The quantitative estimate of drug-likeness (QED) is 0.832. The molecular weight excluding hydrogens is 240 g/mol. The van der Waals surface area contributed by atoms with E-state index in [0.29, 0.717) is 18.0 Å². The fourth-order valence-corrected chi connectivity index (χ4v) is 2.28. The van der Waals surface area contributed by atoms with Crippen LogP contribution in [0.4, 0.5) is 0 Å². The summed E-state index contributed by atoms with van der Waals surface area (Å²) < 4.78 is 1.88. The lowest BCUT2D eigenvalue weighted by Crippen LogP contribution is -2.29. The Kier molecular flexibility index (Phi) is 3.07. The van der Waals surface area contributed by atoms with Gasteiger partial charge in [0.05, 0.1) is 0 Å². The summed E-state index contributed by atoms with van der Waals surface area (Å²) >= 11 is 0. The highest BCUT2D eigenvalue weighted by Gasteiger charge is 2.21. The minimum absolute atomic E-state index is 0.0286. The fourth-order valence-electron chi connectivity index (χ4n) is 2.28. The van der Waals surface area contributed by atoms with E-state index in [-0.39, 0.29) is 5.91 Å². The van der Waals surface area contributed by atoms with Crippen molar-refractivity contribution in [3.63, 3.8) is 0 Å². The van der Waals surface area contributed by atoms with Gasteiger partial charge in [0.2, 0.25) is 5.91 Å². The molecule has 1 saturated carbocycles. The van der Waals surface area contributed by atoms with E-state index in [0.717, 1.165) is 23.7 Å². The van der Waals surface area contributed by atoms with E-state index >= 15 is 0 Å². The molecule has 0 unspecified atom stereocenters. The summed E-state index contributed by atoms with van der Waals surface area (Å²) in [5.41, 5.74) is 1.58. The molecule has 0 atom stereocenters. The van der Waals surface area contributed by atoms with Crippen LogP contribution in [-0.2, 0) is 11.3 Å². The molecule has 1 aromatic carbocycles. The molecule has 1 aromatic heterocycles. The third-order valence-corrected chi connectivity index (χ3v) is 3.57. The maximum absolute atomic E-state index is 11.8. The molecule has 3 rings (SSSR count). The summed E-state index contributed by atoms with van der Waals surface area (Å²) in [4.78, 5) is 22.8. The molecule has 4 nitrogen and oxygen atoms in total. The van der Waals surface area contributed by atoms with Crippen molar-refractivity contribution in [3.8, 4) is 0 Å². The molecule has 1 aliphatic rings. The molecule has 0 radical (unpaired) electrons. The van der Waals surface area contributed by atoms with E-state index < -0.39 is 0 Å². The molecule has 0 bridgehead atoms. The van der Waals surface area contributed by atoms with Crippen LogP contribution in [0.1, 0.15) is 23.2 Å². The normalized spacial score (nSPS) is 14.5. The molecule has 1 aliphatic carbocycles. The molecule has 4 heteroatoms. The van der Waals surface area contributed by atoms with Crippen molar-refractivity contribution < 1.29 is 9.59 Å². The second-order valence-corrected chi connectivity index (χ2v) is 5.09. The molecule has 2 aromatic rings. The summed E-state index contributed by atoms with van der Waals surface area (Å²) in [7, 11) is 0. The molecule has 0 saturated heterocycles. The highest BCUT2D eigenvalue weighted by atomic mass is 16.2. The van der Waals surface area contributed by atoms with Crippen LogP contribution in [0.15, 0.2) is 30.5 Å². The van der Waals surface area contributed by atoms with Gasteiger partial charge in [-0.1, -0.05) is 12.1 Å². The second kappa shape index (κ2) is 4.88. The van der Waals surface area contributed by atoms with E-state index in [2.05, 4.69) is 5.32 Å². The largest absolute Gasteiger partial charge is 0.354 e. The number of benzene rings is 1. The molecule has 1 N–H and O–H groups in total. The van der Waals surface area contributed by atoms with Gasteiger partial charge in [-0.05, 0) is 30.9 Å². The number of hydrogen-bond acceptors (Lipinski definition) is 2. The van der Waals surface area contributed by atoms with Crippen molar-refractivity contribution in [2.45, 2.75) is 19.4 Å². The molecule has 98 valence electrons. The Labute approximate surface area is 111 Å². The summed E-state index contributed by atoms with van der Waals surface area (Å²) in [5, 5.41) is 3.84. The van der Waals surface area contributed by atoms with Crippen LogP contribution in [0.3, 0.4) is 0 Å². The first-order valence-electron chi connectivity index (χ1n) is 6.57. The lowest BCUT2D eigenvalue weighted by atomic mass is 10.1. The molecule has 1 amide bonds. The summed E-state index contributed by atoms with van der Waals surface area (Å²) in [6.07, 6.45) is 5.17. The van der Waals surface area contributed by atoms with E-state index in [1.54, 1.807) is 6.07 Å². The number of aldehydes is 1. The van der Waals surface area contributed by atoms with Gasteiger partial charge in [0, 0.05) is 29.2 Å². The van der Waals surface area contributed by atoms with Crippen LogP contribution in [0.2, 0.25) is 0 Å². The van der Waals surface area contributed by atoms with Gasteiger partial charge >= 0.3 is 0 Å². The fraction of sp³-hybridized carbons (Fsp3) is 0.333. The standard InChI is InChI=1S/C15H16N2O2/c18-10-12-2-1-3-14-13(12)6-7-17(14)9-15(19)16-8-11-4-5-11/h1-3,6-7,10-11H,4-5,8-9H2,(H,16,19). The minimum Gasteiger partial charge on any atom is -0.354 e. The zero-order chi connectivity index (χ0) is 13.2. The Morgan fingerprint density at radius 1 is 1.37 bits per heavy atom. The Morgan fingerprint density at radius 3 is 2.95 bits per heavy atom. The first-order valence-corrected chi connectivity index (χ1v) is 6.57. The average Bonchev–Trinajstić information content (AvgIpc) is 3.18. The average molecular weight is 256 g/mol. The first kappa shape index (κ1) is 12.0. The number of fused-ring (bicyclic) bond motifs is 1. The van der Waals surface area contributed by atoms with Crippen LogP contribution >= 0.6 is 0 Å². The number of aromatic nitrogens is 1. The minimum atomic E-state index is 0.0286. The Bertz CT molecular complexity index is 626. The van der Waals surface area contributed by atoms with Gasteiger partial charge < -0.3 is 9.88 Å². The second-order valence-electron chi connectivity index (χ2n) is 5.09. The maximum atomic E-state index is 11.8. The maximum Gasteiger partial charge on any atom is 0.239 e. The lowest BCUT2D eigenvalue weighted by Gasteiger charge is -2.07. The van der Waals surface area contributed by atoms with Crippen molar-refractivity contribution >= 4 is 23.1 Å². The molecule has 0 aliphatic heterocycles. The van der Waals surface area contributed by atoms with Crippen molar-refractivity contribution in [1.29, 1.82) is 0 Å². The predicted molar refractivity (Wildman–Crippen MR) is 73.1 cm³/mol. The number of carbonyl (C=O) groups is 2. The predicted octanol–water partition coefficient (Wildman–Crippen LogP) is 1.98. The van der Waals surface area contributed by atoms with E-state index in [1.807, 2.05) is 29.0 Å². The van der Waals surface area contributed by atoms with Crippen LogP contribution in [-0.4, -0.2) is 23.3 Å². The Morgan fingerprint density at radius 2 is 2.21 bits per heavy atom. The number of amides is 1. The monoisotopic (exact) mass is 256 g/mol. The molecule has 0 spiro atoms. The SMILES string of the molecule is O=Cc1cccc2c1ccn2CC(=O)NCC1CC1. The van der Waals surface area contributed by atoms with E-state index in [9.17, 15) is 9.59 Å². The van der Waals surface area contributed by atoms with Crippen molar-refractivity contribution in [2.24, 2.45) is 5.92 Å². The van der Waals surface area contributed by atoms with Crippen LogP contribution < -0.4 is 5.32 Å². The summed E-state index contributed by atoms with van der Waals surface area (Å²) in [6.45, 7) is 1.09. The number of hydrogen-bond donors (Lipinski definition) is 1. The van der Waals surface area contributed by atoms with E-state index in [4.69, 9.17) is 0 Å². The van der Waals surface area contributed by atoms with Gasteiger partial charge in [0.25, 0.3) is 0 Å². The van der Waals surface area contributed by atoms with Gasteiger partial charge in [-0.3, -0.25) is 9.59 Å². The van der Waals surface area contributed by atoms with Gasteiger partial charge in [0.15, 0.2) is 6.29 Å².